The van der Waals surface area contributed by atoms with E-state index in [0.29, 0.717) is 10.7 Å². The van der Waals surface area contributed by atoms with Crippen molar-refractivity contribution in [3.63, 3.8) is 0 Å². The lowest BCUT2D eigenvalue weighted by molar-refractivity contribution is 0.471. The van der Waals surface area contributed by atoms with Crippen LogP contribution in [0.15, 0.2) is 42.0 Å². The number of halogens is 1. The number of imidazole rings is 1. The van der Waals surface area contributed by atoms with Gasteiger partial charge in [0.15, 0.2) is 4.96 Å². The minimum Gasteiger partial charge on any atom is -0.297 e. The summed E-state index contributed by atoms with van der Waals surface area (Å²) in [5, 5.41) is 2.08. The number of benzene rings is 1. The number of aryl methyl sites for hydroxylation is 1. The quantitative estimate of drug-likeness (QED) is 0.462. The van der Waals surface area contributed by atoms with Gasteiger partial charge in [-0.3, -0.25) is 4.40 Å². The highest BCUT2D eigenvalue weighted by atomic mass is 79.9. The molecule has 3 aromatic rings. The van der Waals surface area contributed by atoms with Gasteiger partial charge >= 0.3 is 0 Å². The molecule has 0 fully saturated rings. The molecule has 2 heterocycles. The molecule has 2 atom stereocenters. The number of nitrogens with zero attached hydrogens (tertiary/aromatic N) is 2. The fraction of sp³-hybridized carbons (Fsp3) is 0.353. The van der Waals surface area contributed by atoms with Gasteiger partial charge < -0.3 is 0 Å². The van der Waals surface area contributed by atoms with Crippen LogP contribution in [0.2, 0.25) is 0 Å². The first kappa shape index (κ1) is 13.5. The van der Waals surface area contributed by atoms with Crippen molar-refractivity contribution in [3.8, 4) is 0 Å². The summed E-state index contributed by atoms with van der Waals surface area (Å²) in [6, 6.07) is 8.86. The molecule has 0 N–H and O–H groups in total. The third kappa shape index (κ3) is 2.55. The number of alkyl halides is 1. The van der Waals surface area contributed by atoms with Gasteiger partial charge in [-0.15, -0.1) is 11.3 Å². The van der Waals surface area contributed by atoms with Crippen LogP contribution in [0.5, 0.6) is 0 Å². The van der Waals surface area contributed by atoms with Crippen LogP contribution in [0.3, 0.4) is 0 Å². The summed E-state index contributed by atoms with van der Waals surface area (Å²) < 4.78 is 2.13. The molecule has 0 saturated heterocycles. The van der Waals surface area contributed by atoms with Crippen LogP contribution in [0.4, 0.5) is 0 Å². The highest BCUT2D eigenvalue weighted by molar-refractivity contribution is 9.09. The Hall–Kier alpha value is -1.13. The molecule has 1 aromatic carbocycles. The van der Waals surface area contributed by atoms with Gasteiger partial charge in [0, 0.05) is 22.6 Å². The van der Waals surface area contributed by atoms with Gasteiger partial charge in [0.25, 0.3) is 0 Å². The average Bonchev–Trinajstić information content (AvgIpc) is 3.03. The molecule has 0 radical (unpaired) electrons. The van der Waals surface area contributed by atoms with E-state index < -0.39 is 0 Å². The smallest absolute Gasteiger partial charge is 0.193 e. The molecular weight excluding hydrogens is 344 g/mol. The third-order valence-corrected chi connectivity index (χ3v) is 6.41. The number of hydrogen-bond acceptors (Lipinski definition) is 2. The lowest BCUT2D eigenvalue weighted by Crippen LogP contribution is -2.10. The Balaban J connectivity index is 1.61. The Morgan fingerprint density at radius 2 is 2.24 bits per heavy atom. The molecule has 0 spiro atoms. The zero-order valence-electron chi connectivity index (χ0n) is 11.7. The lowest BCUT2D eigenvalue weighted by atomic mass is 9.92. The topological polar surface area (TPSA) is 17.3 Å². The summed E-state index contributed by atoms with van der Waals surface area (Å²) in [6.45, 7) is 0. The molecule has 1 aliphatic rings. The third-order valence-electron chi connectivity index (χ3n) is 4.40. The fourth-order valence-electron chi connectivity index (χ4n) is 3.33. The van der Waals surface area contributed by atoms with Gasteiger partial charge in [-0.1, -0.05) is 40.2 Å². The molecule has 0 amide bonds. The first-order chi connectivity index (χ1) is 10.3. The van der Waals surface area contributed by atoms with Crippen molar-refractivity contribution >= 4 is 32.2 Å². The maximum absolute atomic E-state index is 4.75. The molecule has 1 aliphatic carbocycles. The predicted octanol–water partition coefficient (Wildman–Crippen LogP) is 5.03. The molecule has 0 bridgehead atoms. The zero-order valence-corrected chi connectivity index (χ0v) is 14.1. The molecule has 2 unspecified atom stereocenters. The molecule has 2 nitrogen and oxygen atoms in total. The van der Waals surface area contributed by atoms with Crippen molar-refractivity contribution in [1.29, 1.82) is 0 Å². The van der Waals surface area contributed by atoms with Crippen molar-refractivity contribution < 1.29 is 0 Å². The van der Waals surface area contributed by atoms with E-state index in [1.807, 2.05) is 0 Å². The van der Waals surface area contributed by atoms with Crippen LogP contribution in [-0.4, -0.2) is 9.38 Å². The number of fused-ring (bicyclic) bond motifs is 2. The summed E-state index contributed by atoms with van der Waals surface area (Å²) in [5.74, 6) is 0.623. The van der Waals surface area contributed by atoms with Gasteiger partial charge in [-0.05, 0) is 42.7 Å². The molecule has 0 saturated carbocycles. The van der Waals surface area contributed by atoms with Crippen LogP contribution in [0.1, 0.15) is 34.5 Å². The van der Waals surface area contributed by atoms with E-state index in [-0.39, 0.29) is 0 Å². The van der Waals surface area contributed by atoms with Gasteiger partial charge in [-0.25, -0.2) is 4.98 Å². The standard InChI is InChI=1S/C17H17BrN2S/c18-16-13(6-3-5-12-4-1-2-7-15(12)16)10-14-11-20-8-9-21-17(20)19-14/h1-2,4,7-9,11,13,16H,3,5-6,10H2. The summed E-state index contributed by atoms with van der Waals surface area (Å²) in [7, 11) is 0. The summed E-state index contributed by atoms with van der Waals surface area (Å²) in [6.07, 6.45) is 9.06. The summed E-state index contributed by atoms with van der Waals surface area (Å²) in [5.41, 5.74) is 4.20. The van der Waals surface area contributed by atoms with Crippen molar-refractivity contribution in [2.24, 2.45) is 5.92 Å². The van der Waals surface area contributed by atoms with Gasteiger partial charge in [0.05, 0.1) is 5.69 Å². The van der Waals surface area contributed by atoms with Crippen molar-refractivity contribution in [2.75, 3.05) is 0 Å². The Bertz CT molecular complexity index is 732. The second kappa shape index (κ2) is 5.58. The first-order valence-electron chi connectivity index (χ1n) is 7.44. The van der Waals surface area contributed by atoms with E-state index in [0.717, 1.165) is 11.4 Å². The number of rotatable bonds is 2. The van der Waals surface area contributed by atoms with Gasteiger partial charge in [0.1, 0.15) is 0 Å². The van der Waals surface area contributed by atoms with Crippen LogP contribution in [0.25, 0.3) is 4.96 Å². The van der Waals surface area contributed by atoms with E-state index in [1.165, 1.54) is 36.1 Å². The minimum atomic E-state index is 0.441. The molecular formula is C17H17BrN2S. The summed E-state index contributed by atoms with van der Waals surface area (Å²) in [4.78, 5) is 6.29. The molecule has 4 heteroatoms. The van der Waals surface area contributed by atoms with Crippen molar-refractivity contribution in [3.05, 3.63) is 58.9 Å². The van der Waals surface area contributed by atoms with E-state index in [2.05, 4.69) is 62.4 Å². The van der Waals surface area contributed by atoms with E-state index in [9.17, 15) is 0 Å². The average molecular weight is 361 g/mol. The van der Waals surface area contributed by atoms with Gasteiger partial charge in [-0.2, -0.15) is 0 Å². The highest BCUT2D eigenvalue weighted by Crippen LogP contribution is 2.40. The lowest BCUT2D eigenvalue weighted by Gasteiger charge is -2.20. The largest absolute Gasteiger partial charge is 0.297 e. The van der Waals surface area contributed by atoms with Crippen molar-refractivity contribution in [2.45, 2.75) is 30.5 Å². The highest BCUT2D eigenvalue weighted by Gasteiger charge is 2.26. The van der Waals surface area contributed by atoms with E-state index in [4.69, 9.17) is 4.98 Å². The van der Waals surface area contributed by atoms with Crippen LogP contribution >= 0.6 is 27.3 Å². The molecule has 2 aromatic heterocycles. The molecule has 4 rings (SSSR count). The Morgan fingerprint density at radius 1 is 1.33 bits per heavy atom. The maximum atomic E-state index is 4.75. The number of aromatic nitrogens is 2. The molecule has 0 aliphatic heterocycles. The van der Waals surface area contributed by atoms with Crippen LogP contribution in [-0.2, 0) is 12.8 Å². The summed E-state index contributed by atoms with van der Waals surface area (Å²) >= 11 is 5.67. The maximum Gasteiger partial charge on any atom is 0.193 e. The second-order valence-electron chi connectivity index (χ2n) is 5.78. The number of thiazole rings is 1. The minimum absolute atomic E-state index is 0.441. The molecule has 21 heavy (non-hydrogen) atoms. The fourth-order valence-corrected chi connectivity index (χ4v) is 4.95. The van der Waals surface area contributed by atoms with E-state index in [1.54, 1.807) is 11.3 Å². The monoisotopic (exact) mass is 360 g/mol. The Morgan fingerprint density at radius 3 is 3.14 bits per heavy atom. The Kier molecular flexibility index (Phi) is 3.59. The van der Waals surface area contributed by atoms with Crippen molar-refractivity contribution in [1.82, 2.24) is 9.38 Å². The first-order valence-corrected chi connectivity index (χ1v) is 9.24. The second-order valence-corrected chi connectivity index (χ2v) is 7.64. The van der Waals surface area contributed by atoms with Gasteiger partial charge in [0.2, 0.25) is 0 Å². The zero-order chi connectivity index (χ0) is 14.2. The van der Waals surface area contributed by atoms with Crippen LogP contribution < -0.4 is 0 Å². The SMILES string of the molecule is BrC1c2ccccc2CCCC1Cc1cn2ccsc2n1. The predicted molar refractivity (Wildman–Crippen MR) is 91.3 cm³/mol. The normalized spacial score (nSPS) is 22.1. The number of hydrogen-bond donors (Lipinski definition) is 0. The van der Waals surface area contributed by atoms with E-state index >= 15 is 0 Å². The molecule has 108 valence electrons. The Labute approximate surface area is 137 Å². The van der Waals surface area contributed by atoms with Crippen LogP contribution in [0, 0.1) is 5.92 Å².